The molecule has 0 N–H and O–H groups in total. The predicted octanol–water partition coefficient (Wildman–Crippen LogP) is 2.24. The van der Waals surface area contributed by atoms with Crippen LogP contribution in [0.2, 0.25) is 0 Å². The summed E-state index contributed by atoms with van der Waals surface area (Å²) in [6.45, 7) is 0. The van der Waals surface area contributed by atoms with Crippen LogP contribution in [0.1, 0.15) is 5.56 Å². The highest BCUT2D eigenvalue weighted by Gasteiger charge is 2.37. The molecule has 1 aromatic carbocycles. The van der Waals surface area contributed by atoms with Gasteiger partial charge in [-0.15, -0.1) is 11.6 Å². The van der Waals surface area contributed by atoms with Crippen LogP contribution in [0.15, 0.2) is 30.3 Å². The third kappa shape index (κ3) is 1.79. The van der Waals surface area contributed by atoms with Gasteiger partial charge in [-0.25, -0.2) is 0 Å². The molecule has 0 amide bonds. The molecule has 2 rings (SSSR count). The topological polar surface area (TPSA) is 12.5 Å². The Kier molecular flexibility index (Phi) is 2.33. The highest BCUT2D eigenvalue weighted by molar-refractivity contribution is 6.18. The molecular formula is C10H11ClO. The number of alkyl halides is 1. The summed E-state index contributed by atoms with van der Waals surface area (Å²) in [5.74, 6) is 0.623. The predicted molar refractivity (Wildman–Crippen MR) is 49.5 cm³/mol. The van der Waals surface area contributed by atoms with Crippen molar-refractivity contribution in [3.05, 3.63) is 35.9 Å². The van der Waals surface area contributed by atoms with E-state index in [0.717, 1.165) is 6.42 Å². The van der Waals surface area contributed by atoms with Crippen LogP contribution >= 0.6 is 11.6 Å². The zero-order valence-electron chi connectivity index (χ0n) is 6.74. The highest BCUT2D eigenvalue weighted by Crippen LogP contribution is 2.26. The van der Waals surface area contributed by atoms with Crippen molar-refractivity contribution in [3.8, 4) is 0 Å². The third-order valence-electron chi connectivity index (χ3n) is 2.12. The van der Waals surface area contributed by atoms with Crippen molar-refractivity contribution in [2.45, 2.75) is 18.6 Å². The fourth-order valence-electron chi connectivity index (χ4n) is 1.34. The Hall–Kier alpha value is -0.530. The number of ether oxygens (including phenoxy) is 1. The largest absolute Gasteiger partial charge is 0.368 e. The summed E-state index contributed by atoms with van der Waals surface area (Å²) in [4.78, 5) is 0. The SMILES string of the molecule is ClCC1OC1Cc1ccccc1. The molecule has 64 valence electrons. The average molecular weight is 183 g/mol. The van der Waals surface area contributed by atoms with E-state index in [1.165, 1.54) is 5.56 Å². The Balaban J connectivity index is 1.89. The molecule has 0 saturated carbocycles. The summed E-state index contributed by atoms with van der Waals surface area (Å²) in [6.07, 6.45) is 1.66. The van der Waals surface area contributed by atoms with Gasteiger partial charge in [0.2, 0.25) is 0 Å². The van der Waals surface area contributed by atoms with Crippen LogP contribution in [-0.4, -0.2) is 18.1 Å². The number of epoxide rings is 1. The van der Waals surface area contributed by atoms with Crippen molar-refractivity contribution in [1.82, 2.24) is 0 Å². The molecule has 1 aliphatic heterocycles. The van der Waals surface area contributed by atoms with Gasteiger partial charge in [0.1, 0.15) is 0 Å². The van der Waals surface area contributed by atoms with Crippen molar-refractivity contribution in [1.29, 1.82) is 0 Å². The van der Waals surface area contributed by atoms with Crippen molar-refractivity contribution in [2.24, 2.45) is 0 Å². The Morgan fingerprint density at radius 3 is 2.50 bits per heavy atom. The molecule has 1 saturated heterocycles. The summed E-state index contributed by atoms with van der Waals surface area (Å²) in [5.41, 5.74) is 1.33. The summed E-state index contributed by atoms with van der Waals surface area (Å²) in [6, 6.07) is 10.4. The van der Waals surface area contributed by atoms with Crippen LogP contribution in [0.4, 0.5) is 0 Å². The Bertz CT molecular complexity index is 247. The number of hydrogen-bond donors (Lipinski definition) is 0. The fraction of sp³-hybridized carbons (Fsp3) is 0.400. The first-order chi connectivity index (χ1) is 5.90. The van der Waals surface area contributed by atoms with Crippen LogP contribution in [0.5, 0.6) is 0 Å². The lowest BCUT2D eigenvalue weighted by Crippen LogP contribution is -1.98. The molecule has 2 heteroatoms. The van der Waals surface area contributed by atoms with Crippen LogP contribution in [-0.2, 0) is 11.2 Å². The monoisotopic (exact) mass is 182 g/mol. The van der Waals surface area contributed by atoms with Gasteiger partial charge in [0.05, 0.1) is 18.1 Å². The molecule has 1 fully saturated rings. The molecule has 2 unspecified atom stereocenters. The summed E-state index contributed by atoms with van der Waals surface area (Å²) in [7, 11) is 0. The molecule has 0 radical (unpaired) electrons. The first kappa shape index (κ1) is 8.09. The Morgan fingerprint density at radius 2 is 1.92 bits per heavy atom. The summed E-state index contributed by atoms with van der Waals surface area (Å²) >= 11 is 5.63. The molecule has 1 nitrogen and oxygen atoms in total. The van der Waals surface area contributed by atoms with E-state index in [-0.39, 0.29) is 0 Å². The van der Waals surface area contributed by atoms with E-state index in [1.54, 1.807) is 0 Å². The van der Waals surface area contributed by atoms with Gasteiger partial charge in [-0.1, -0.05) is 30.3 Å². The summed E-state index contributed by atoms with van der Waals surface area (Å²) < 4.78 is 5.34. The molecular weight excluding hydrogens is 172 g/mol. The van der Waals surface area contributed by atoms with Gasteiger partial charge >= 0.3 is 0 Å². The fourth-order valence-corrected chi connectivity index (χ4v) is 1.61. The van der Waals surface area contributed by atoms with Crippen molar-refractivity contribution < 1.29 is 4.74 Å². The third-order valence-corrected chi connectivity index (χ3v) is 2.42. The minimum absolute atomic E-state index is 0.298. The lowest BCUT2D eigenvalue weighted by atomic mass is 10.1. The molecule has 1 aliphatic rings. The lowest BCUT2D eigenvalue weighted by molar-refractivity contribution is 0.379. The molecule has 2 atom stereocenters. The van der Waals surface area contributed by atoms with Crippen molar-refractivity contribution in [3.63, 3.8) is 0 Å². The van der Waals surface area contributed by atoms with E-state index in [9.17, 15) is 0 Å². The van der Waals surface area contributed by atoms with Crippen molar-refractivity contribution in [2.75, 3.05) is 5.88 Å². The highest BCUT2D eigenvalue weighted by atomic mass is 35.5. The maximum absolute atomic E-state index is 5.63. The van der Waals surface area contributed by atoms with Crippen molar-refractivity contribution >= 4 is 11.6 Å². The zero-order chi connectivity index (χ0) is 8.39. The van der Waals surface area contributed by atoms with Crippen LogP contribution in [0.25, 0.3) is 0 Å². The normalized spacial score (nSPS) is 27.1. The van der Waals surface area contributed by atoms with E-state index >= 15 is 0 Å². The van der Waals surface area contributed by atoms with Crippen LogP contribution in [0.3, 0.4) is 0 Å². The minimum atomic E-state index is 0.298. The van der Waals surface area contributed by atoms with Gasteiger partial charge in [-0.3, -0.25) is 0 Å². The molecule has 0 aromatic heterocycles. The number of benzene rings is 1. The maximum atomic E-state index is 5.63. The van der Waals surface area contributed by atoms with E-state index in [1.807, 2.05) is 18.2 Å². The van der Waals surface area contributed by atoms with E-state index in [0.29, 0.717) is 18.1 Å². The quantitative estimate of drug-likeness (QED) is 0.516. The van der Waals surface area contributed by atoms with Gasteiger partial charge in [0.15, 0.2) is 0 Å². The second-order valence-corrected chi connectivity index (χ2v) is 3.37. The lowest BCUT2D eigenvalue weighted by Gasteiger charge is -1.94. The summed E-state index contributed by atoms with van der Waals surface area (Å²) in [5, 5.41) is 0. The van der Waals surface area contributed by atoms with Gasteiger partial charge in [-0.2, -0.15) is 0 Å². The average Bonchev–Trinajstić information content (AvgIpc) is 2.85. The Labute approximate surface area is 77.3 Å². The maximum Gasteiger partial charge on any atom is 0.0980 e. The molecule has 0 spiro atoms. The zero-order valence-corrected chi connectivity index (χ0v) is 7.50. The van der Waals surface area contributed by atoms with E-state index < -0.39 is 0 Å². The first-order valence-electron chi connectivity index (χ1n) is 4.15. The van der Waals surface area contributed by atoms with Crippen LogP contribution < -0.4 is 0 Å². The smallest absolute Gasteiger partial charge is 0.0980 e. The number of halogens is 1. The van der Waals surface area contributed by atoms with Gasteiger partial charge < -0.3 is 4.74 Å². The molecule has 1 aromatic rings. The molecule has 0 bridgehead atoms. The number of hydrogen-bond acceptors (Lipinski definition) is 1. The van der Waals surface area contributed by atoms with E-state index in [4.69, 9.17) is 16.3 Å². The standard InChI is InChI=1S/C10H11ClO/c11-7-10-9(12-10)6-8-4-2-1-3-5-8/h1-5,9-10H,6-7H2. The molecule has 12 heavy (non-hydrogen) atoms. The second-order valence-electron chi connectivity index (χ2n) is 3.06. The van der Waals surface area contributed by atoms with Crippen LogP contribution in [0, 0.1) is 0 Å². The number of rotatable bonds is 3. The van der Waals surface area contributed by atoms with Gasteiger partial charge in [0, 0.05) is 6.42 Å². The minimum Gasteiger partial charge on any atom is -0.368 e. The Morgan fingerprint density at radius 1 is 1.17 bits per heavy atom. The van der Waals surface area contributed by atoms with Gasteiger partial charge in [0.25, 0.3) is 0 Å². The first-order valence-corrected chi connectivity index (χ1v) is 4.69. The van der Waals surface area contributed by atoms with Gasteiger partial charge in [-0.05, 0) is 5.56 Å². The second kappa shape index (κ2) is 3.46. The van der Waals surface area contributed by atoms with E-state index in [2.05, 4.69) is 12.1 Å². The molecule has 1 heterocycles. The molecule has 0 aliphatic carbocycles.